The van der Waals surface area contributed by atoms with Gasteiger partial charge in [0.2, 0.25) is 5.91 Å². The topological polar surface area (TPSA) is 59.1 Å². The lowest BCUT2D eigenvalue weighted by atomic mass is 10.1. The van der Waals surface area contributed by atoms with Gasteiger partial charge in [0.15, 0.2) is 0 Å². The molecule has 0 bridgehead atoms. The van der Waals surface area contributed by atoms with E-state index in [1.165, 1.54) is 0 Å². The number of benzene rings is 2. The molecule has 0 spiro atoms. The van der Waals surface area contributed by atoms with Crippen molar-refractivity contribution in [1.82, 2.24) is 9.80 Å². The van der Waals surface area contributed by atoms with Crippen molar-refractivity contribution in [3.63, 3.8) is 0 Å². The van der Waals surface area contributed by atoms with Crippen molar-refractivity contribution in [3.05, 3.63) is 60.2 Å². The summed E-state index contributed by atoms with van der Waals surface area (Å²) in [6.45, 7) is 1.93. The van der Waals surface area contributed by atoms with E-state index in [4.69, 9.17) is 9.47 Å². The van der Waals surface area contributed by atoms with E-state index in [1.54, 1.807) is 36.3 Å². The molecule has 0 aliphatic carbocycles. The van der Waals surface area contributed by atoms with Crippen molar-refractivity contribution in [2.75, 3.05) is 26.7 Å². The van der Waals surface area contributed by atoms with E-state index < -0.39 is 6.04 Å². The molecule has 2 atom stereocenters. The molecule has 0 unspecified atom stereocenters. The van der Waals surface area contributed by atoms with Crippen LogP contribution in [0.2, 0.25) is 0 Å². The van der Waals surface area contributed by atoms with E-state index >= 15 is 0 Å². The predicted octanol–water partition coefficient (Wildman–Crippen LogP) is 2.98. The molecule has 2 aromatic rings. The van der Waals surface area contributed by atoms with Crippen LogP contribution in [0.15, 0.2) is 54.6 Å². The summed E-state index contributed by atoms with van der Waals surface area (Å²) >= 11 is 0. The highest BCUT2D eigenvalue weighted by atomic mass is 16.5. The summed E-state index contributed by atoms with van der Waals surface area (Å²) in [5.41, 5.74) is 0.547. The first-order chi connectivity index (χ1) is 14.2. The zero-order valence-electron chi connectivity index (χ0n) is 16.6. The maximum absolute atomic E-state index is 13.2. The highest BCUT2D eigenvalue weighted by Gasteiger charge is 2.43. The molecule has 0 N–H and O–H groups in total. The van der Waals surface area contributed by atoms with Crippen LogP contribution in [-0.4, -0.2) is 60.5 Å². The number of likely N-dealkylation sites (tertiary alicyclic amines) is 2. The van der Waals surface area contributed by atoms with E-state index in [2.05, 4.69) is 0 Å². The highest BCUT2D eigenvalue weighted by molar-refractivity contribution is 5.98. The monoisotopic (exact) mass is 394 g/mol. The van der Waals surface area contributed by atoms with Gasteiger partial charge in [-0.3, -0.25) is 9.59 Å². The van der Waals surface area contributed by atoms with Crippen molar-refractivity contribution in [2.45, 2.75) is 31.4 Å². The first-order valence-electron chi connectivity index (χ1n) is 10.1. The van der Waals surface area contributed by atoms with Crippen LogP contribution in [0.5, 0.6) is 11.5 Å². The van der Waals surface area contributed by atoms with E-state index in [-0.39, 0.29) is 17.9 Å². The Bertz CT molecular complexity index is 847. The standard InChI is InChI=1S/C23H26N2O4/c1-28-18-11-9-17(10-12-18)22(26)25-16-20(29-19-7-3-2-4-8-19)15-21(25)23(27)24-13-5-6-14-24/h2-4,7-12,20-21H,5-6,13-16H2,1H3/t20-,21-/m0/s1. The first-order valence-corrected chi connectivity index (χ1v) is 10.1. The molecule has 4 rings (SSSR count). The van der Waals surface area contributed by atoms with Crippen LogP contribution in [-0.2, 0) is 4.79 Å². The summed E-state index contributed by atoms with van der Waals surface area (Å²) in [6, 6.07) is 16.1. The second-order valence-electron chi connectivity index (χ2n) is 7.52. The maximum atomic E-state index is 13.2. The summed E-state index contributed by atoms with van der Waals surface area (Å²) in [5.74, 6) is 1.33. The van der Waals surface area contributed by atoms with Crippen molar-refractivity contribution < 1.29 is 19.1 Å². The number of ether oxygens (including phenoxy) is 2. The normalized spacial score (nSPS) is 21.3. The summed E-state index contributed by atoms with van der Waals surface area (Å²) in [7, 11) is 1.59. The van der Waals surface area contributed by atoms with Gasteiger partial charge in [0.1, 0.15) is 23.6 Å². The fraction of sp³-hybridized carbons (Fsp3) is 0.391. The smallest absolute Gasteiger partial charge is 0.254 e. The molecule has 2 aliphatic rings. The molecule has 6 heteroatoms. The lowest BCUT2D eigenvalue weighted by Gasteiger charge is -2.27. The molecule has 6 nitrogen and oxygen atoms in total. The average Bonchev–Trinajstić information content (AvgIpc) is 3.44. The van der Waals surface area contributed by atoms with Gasteiger partial charge in [0.05, 0.1) is 13.7 Å². The Morgan fingerprint density at radius 2 is 1.62 bits per heavy atom. The van der Waals surface area contributed by atoms with Crippen molar-refractivity contribution in [1.29, 1.82) is 0 Å². The van der Waals surface area contributed by atoms with E-state index in [1.807, 2.05) is 35.2 Å². The van der Waals surface area contributed by atoms with Gasteiger partial charge in [0, 0.05) is 25.1 Å². The third-order valence-electron chi connectivity index (χ3n) is 5.61. The number of methoxy groups -OCH3 is 1. The minimum absolute atomic E-state index is 0.0310. The van der Waals surface area contributed by atoms with Crippen LogP contribution in [0.3, 0.4) is 0 Å². The minimum atomic E-state index is -0.489. The van der Waals surface area contributed by atoms with Crippen molar-refractivity contribution >= 4 is 11.8 Å². The van der Waals surface area contributed by atoms with Gasteiger partial charge < -0.3 is 19.3 Å². The number of hydrogen-bond acceptors (Lipinski definition) is 4. The number of carbonyl (C=O) groups is 2. The quantitative estimate of drug-likeness (QED) is 0.782. The van der Waals surface area contributed by atoms with E-state index in [0.29, 0.717) is 24.3 Å². The number of para-hydroxylation sites is 1. The Hall–Kier alpha value is -3.02. The predicted molar refractivity (Wildman–Crippen MR) is 109 cm³/mol. The molecule has 0 aromatic heterocycles. The molecule has 2 heterocycles. The van der Waals surface area contributed by atoms with Gasteiger partial charge in [-0.1, -0.05) is 18.2 Å². The van der Waals surface area contributed by atoms with E-state index in [0.717, 1.165) is 31.7 Å². The number of nitrogens with zero attached hydrogens (tertiary/aromatic N) is 2. The fourth-order valence-electron chi connectivity index (χ4n) is 4.08. The highest BCUT2D eigenvalue weighted by Crippen LogP contribution is 2.27. The fourth-order valence-corrected chi connectivity index (χ4v) is 4.08. The molecule has 29 heavy (non-hydrogen) atoms. The largest absolute Gasteiger partial charge is 0.497 e. The SMILES string of the molecule is COc1ccc(C(=O)N2C[C@@H](Oc3ccccc3)C[C@H]2C(=O)N2CCCC2)cc1. The van der Waals surface area contributed by atoms with Crippen LogP contribution < -0.4 is 9.47 Å². The molecule has 2 amide bonds. The van der Waals surface area contributed by atoms with Crippen LogP contribution in [0.1, 0.15) is 29.6 Å². The number of rotatable bonds is 5. The number of hydrogen-bond donors (Lipinski definition) is 0. The maximum Gasteiger partial charge on any atom is 0.254 e. The van der Waals surface area contributed by atoms with Gasteiger partial charge in [-0.05, 0) is 49.2 Å². The van der Waals surface area contributed by atoms with Gasteiger partial charge in [-0.25, -0.2) is 0 Å². The van der Waals surface area contributed by atoms with Gasteiger partial charge in [-0.15, -0.1) is 0 Å². The Kier molecular flexibility index (Phi) is 5.69. The number of amides is 2. The summed E-state index contributed by atoms with van der Waals surface area (Å²) in [6.07, 6.45) is 2.34. The Labute approximate surface area is 171 Å². The van der Waals surface area contributed by atoms with Crippen LogP contribution in [0.4, 0.5) is 0 Å². The van der Waals surface area contributed by atoms with Crippen molar-refractivity contribution in [2.24, 2.45) is 0 Å². The molecule has 2 saturated heterocycles. The Morgan fingerprint density at radius 3 is 2.28 bits per heavy atom. The van der Waals surface area contributed by atoms with Gasteiger partial charge >= 0.3 is 0 Å². The lowest BCUT2D eigenvalue weighted by molar-refractivity contribution is -0.134. The van der Waals surface area contributed by atoms with Crippen LogP contribution in [0, 0.1) is 0 Å². The molecular formula is C23H26N2O4. The van der Waals surface area contributed by atoms with E-state index in [9.17, 15) is 9.59 Å². The Balaban J connectivity index is 1.55. The molecule has 2 fully saturated rings. The third-order valence-corrected chi connectivity index (χ3v) is 5.61. The zero-order chi connectivity index (χ0) is 20.2. The zero-order valence-corrected chi connectivity index (χ0v) is 16.6. The summed E-state index contributed by atoms with van der Waals surface area (Å²) in [4.78, 5) is 29.9. The second-order valence-corrected chi connectivity index (χ2v) is 7.52. The minimum Gasteiger partial charge on any atom is -0.497 e. The van der Waals surface area contributed by atoms with Crippen LogP contribution >= 0.6 is 0 Å². The lowest BCUT2D eigenvalue weighted by Crippen LogP contribution is -2.47. The first kappa shape index (κ1) is 19.3. The Morgan fingerprint density at radius 1 is 0.931 bits per heavy atom. The number of carbonyl (C=O) groups excluding carboxylic acids is 2. The molecule has 0 radical (unpaired) electrons. The summed E-state index contributed by atoms with van der Waals surface area (Å²) in [5, 5.41) is 0. The van der Waals surface area contributed by atoms with Gasteiger partial charge in [-0.2, -0.15) is 0 Å². The molecule has 2 aromatic carbocycles. The third kappa shape index (κ3) is 4.21. The van der Waals surface area contributed by atoms with Gasteiger partial charge in [0.25, 0.3) is 5.91 Å². The molecule has 2 aliphatic heterocycles. The summed E-state index contributed by atoms with van der Waals surface area (Å²) < 4.78 is 11.3. The average molecular weight is 394 g/mol. The second kappa shape index (κ2) is 8.55. The molecular weight excluding hydrogens is 368 g/mol. The van der Waals surface area contributed by atoms with Crippen molar-refractivity contribution in [3.8, 4) is 11.5 Å². The molecule has 0 saturated carbocycles. The van der Waals surface area contributed by atoms with Crippen LogP contribution in [0.25, 0.3) is 0 Å². The molecule has 152 valence electrons.